The molecule has 0 aromatic heterocycles. The van der Waals surface area contributed by atoms with Crippen molar-refractivity contribution in [2.45, 2.75) is 12.8 Å². The molecule has 0 spiro atoms. The Morgan fingerprint density at radius 2 is 2.23 bits per heavy atom. The topological polar surface area (TPSA) is 87.0 Å². The molecule has 7 nitrogen and oxygen atoms in total. The third-order valence-electron chi connectivity index (χ3n) is 3.41. The van der Waals surface area contributed by atoms with Crippen molar-refractivity contribution in [1.29, 1.82) is 5.26 Å². The maximum absolute atomic E-state index is 12.0. The summed E-state index contributed by atoms with van der Waals surface area (Å²) in [6.07, 6.45) is 5.02. The van der Waals surface area contributed by atoms with Crippen LogP contribution in [-0.4, -0.2) is 30.7 Å². The van der Waals surface area contributed by atoms with Crippen LogP contribution in [0.25, 0.3) is 0 Å². The fraction of sp³-hybridized carbons (Fsp3) is 0.357. The summed E-state index contributed by atoms with van der Waals surface area (Å²) in [4.78, 5) is 18.2. The van der Waals surface area contributed by atoms with Gasteiger partial charge >= 0.3 is 0 Å². The Hall–Kier alpha value is -2.40. The molecule has 1 saturated heterocycles. The van der Waals surface area contributed by atoms with Gasteiger partial charge in [-0.2, -0.15) is 5.26 Å². The van der Waals surface area contributed by atoms with Crippen molar-refractivity contribution in [3.8, 4) is 17.7 Å². The zero-order valence-electron chi connectivity index (χ0n) is 12.0. The highest BCUT2D eigenvalue weighted by Gasteiger charge is 2.27. The van der Waals surface area contributed by atoms with Gasteiger partial charge in [-0.3, -0.25) is 10.1 Å². The number of thioether (sulfide) groups is 1. The molecule has 1 aromatic carbocycles. The smallest absolute Gasteiger partial charge is 0.231 e. The molecule has 2 aliphatic heterocycles. The van der Waals surface area contributed by atoms with Gasteiger partial charge in [-0.25, -0.2) is 4.99 Å². The van der Waals surface area contributed by atoms with E-state index < -0.39 is 0 Å². The number of aliphatic imine (C=N–C) groups is 1. The zero-order valence-corrected chi connectivity index (χ0v) is 12.8. The van der Waals surface area contributed by atoms with Crippen LogP contribution >= 0.6 is 11.8 Å². The van der Waals surface area contributed by atoms with Gasteiger partial charge in [0.1, 0.15) is 0 Å². The van der Waals surface area contributed by atoms with Crippen molar-refractivity contribution in [3.63, 3.8) is 0 Å². The SMILES string of the molecule is CSC(=Nc1cc2c(cc1N1CCCC1=O)OCO2)NC#N. The highest BCUT2D eigenvalue weighted by atomic mass is 32.2. The average Bonchev–Trinajstić information content (AvgIpc) is 3.14. The molecule has 1 N–H and O–H groups in total. The zero-order chi connectivity index (χ0) is 15.5. The quantitative estimate of drug-likeness (QED) is 0.388. The van der Waals surface area contributed by atoms with E-state index in [1.54, 1.807) is 17.0 Å². The normalized spacial score (nSPS) is 16.8. The van der Waals surface area contributed by atoms with Crippen molar-refractivity contribution in [2.75, 3.05) is 24.5 Å². The molecule has 3 rings (SSSR count). The molecule has 0 bridgehead atoms. The number of hydrogen-bond acceptors (Lipinski definition) is 6. The molecule has 2 aliphatic rings. The minimum absolute atomic E-state index is 0.0641. The number of nitrogens with one attached hydrogen (secondary N) is 1. The van der Waals surface area contributed by atoms with Crippen molar-refractivity contribution >= 4 is 34.2 Å². The lowest BCUT2D eigenvalue weighted by Crippen LogP contribution is -2.24. The molecule has 1 amide bonds. The van der Waals surface area contributed by atoms with E-state index in [1.807, 2.05) is 12.4 Å². The lowest BCUT2D eigenvalue weighted by molar-refractivity contribution is -0.117. The van der Waals surface area contributed by atoms with Crippen molar-refractivity contribution in [1.82, 2.24) is 5.32 Å². The maximum Gasteiger partial charge on any atom is 0.231 e. The number of nitriles is 1. The first kappa shape index (κ1) is 14.5. The first-order valence-corrected chi connectivity index (χ1v) is 7.97. The van der Waals surface area contributed by atoms with Crippen LogP contribution in [0.5, 0.6) is 11.5 Å². The predicted molar refractivity (Wildman–Crippen MR) is 83.5 cm³/mol. The van der Waals surface area contributed by atoms with Crippen LogP contribution in [0.3, 0.4) is 0 Å². The molecule has 0 radical (unpaired) electrons. The van der Waals surface area contributed by atoms with E-state index in [0.29, 0.717) is 41.0 Å². The molecule has 0 aliphatic carbocycles. The second-order valence-corrected chi connectivity index (χ2v) is 5.50. The van der Waals surface area contributed by atoms with Gasteiger partial charge in [0, 0.05) is 25.1 Å². The molecule has 1 aromatic rings. The number of amidine groups is 1. The fourth-order valence-corrected chi connectivity index (χ4v) is 2.75. The van der Waals surface area contributed by atoms with E-state index in [-0.39, 0.29) is 12.7 Å². The van der Waals surface area contributed by atoms with E-state index in [2.05, 4.69) is 10.3 Å². The number of carbonyl (C=O) groups excluding carboxylic acids is 1. The Labute approximate surface area is 131 Å². The van der Waals surface area contributed by atoms with Crippen LogP contribution in [0.4, 0.5) is 11.4 Å². The first-order chi connectivity index (χ1) is 10.7. The average molecular weight is 318 g/mol. The van der Waals surface area contributed by atoms with Gasteiger partial charge < -0.3 is 14.4 Å². The van der Waals surface area contributed by atoms with Gasteiger partial charge in [-0.1, -0.05) is 11.8 Å². The van der Waals surface area contributed by atoms with Gasteiger partial charge in [-0.05, 0) is 12.7 Å². The second kappa shape index (κ2) is 6.15. The Bertz CT molecular complexity index is 683. The van der Waals surface area contributed by atoms with Crippen LogP contribution in [0.1, 0.15) is 12.8 Å². The highest BCUT2D eigenvalue weighted by Crippen LogP contribution is 2.43. The van der Waals surface area contributed by atoms with Crippen LogP contribution in [0.15, 0.2) is 17.1 Å². The summed E-state index contributed by atoms with van der Waals surface area (Å²) in [6.45, 7) is 0.809. The van der Waals surface area contributed by atoms with E-state index >= 15 is 0 Å². The second-order valence-electron chi connectivity index (χ2n) is 4.70. The van der Waals surface area contributed by atoms with Crippen molar-refractivity contribution in [2.24, 2.45) is 4.99 Å². The van der Waals surface area contributed by atoms with E-state index in [0.717, 1.165) is 6.42 Å². The van der Waals surface area contributed by atoms with Gasteiger partial charge in [0.15, 0.2) is 22.9 Å². The third-order valence-corrected chi connectivity index (χ3v) is 3.99. The Kier molecular flexibility index (Phi) is 4.06. The largest absolute Gasteiger partial charge is 0.454 e. The number of rotatable bonds is 2. The van der Waals surface area contributed by atoms with Gasteiger partial charge in [0.25, 0.3) is 0 Å². The minimum atomic E-state index is 0.0641. The molecule has 0 saturated carbocycles. The van der Waals surface area contributed by atoms with Crippen LogP contribution in [0.2, 0.25) is 0 Å². The van der Waals surface area contributed by atoms with E-state index in [4.69, 9.17) is 14.7 Å². The number of benzene rings is 1. The molecule has 0 atom stereocenters. The predicted octanol–water partition coefficient (Wildman–Crippen LogP) is 1.96. The van der Waals surface area contributed by atoms with Crippen LogP contribution in [-0.2, 0) is 4.79 Å². The minimum Gasteiger partial charge on any atom is -0.454 e. The number of ether oxygens (including phenoxy) is 2. The molecule has 1 fully saturated rings. The number of carbonyl (C=O) groups is 1. The van der Waals surface area contributed by atoms with Crippen molar-refractivity contribution in [3.05, 3.63) is 12.1 Å². The van der Waals surface area contributed by atoms with Crippen molar-refractivity contribution < 1.29 is 14.3 Å². The standard InChI is InChI=1S/C14H14N4O3S/c1-22-14(16-7-15)17-9-5-11-12(21-8-20-11)6-10(9)18-4-2-3-13(18)19/h5-6H,2-4,8H2,1H3,(H,16,17). The van der Waals surface area contributed by atoms with Gasteiger partial charge in [0.05, 0.1) is 11.4 Å². The number of hydrogen-bond donors (Lipinski definition) is 1. The summed E-state index contributed by atoms with van der Waals surface area (Å²) in [6, 6.07) is 3.51. The Morgan fingerprint density at radius 1 is 1.45 bits per heavy atom. The monoisotopic (exact) mass is 318 g/mol. The van der Waals surface area contributed by atoms with E-state index in [9.17, 15) is 4.79 Å². The third kappa shape index (κ3) is 2.67. The summed E-state index contributed by atoms with van der Waals surface area (Å²) in [7, 11) is 0. The summed E-state index contributed by atoms with van der Waals surface area (Å²) in [5.74, 6) is 1.26. The molecular formula is C14H14N4O3S. The number of anilines is 1. The highest BCUT2D eigenvalue weighted by molar-refractivity contribution is 8.13. The summed E-state index contributed by atoms with van der Waals surface area (Å²) in [5.41, 5.74) is 1.25. The van der Waals surface area contributed by atoms with Crippen LogP contribution < -0.4 is 19.7 Å². The molecule has 0 unspecified atom stereocenters. The molecule has 114 valence electrons. The number of amides is 1. The summed E-state index contributed by atoms with van der Waals surface area (Å²) in [5, 5.41) is 11.7. The lowest BCUT2D eigenvalue weighted by atomic mass is 10.2. The van der Waals surface area contributed by atoms with Gasteiger partial charge in [0.2, 0.25) is 12.7 Å². The van der Waals surface area contributed by atoms with Gasteiger partial charge in [-0.15, -0.1) is 0 Å². The lowest BCUT2D eigenvalue weighted by Gasteiger charge is -2.18. The molecule has 22 heavy (non-hydrogen) atoms. The molecule has 2 heterocycles. The Balaban J connectivity index is 2.07. The molecule has 8 heteroatoms. The summed E-state index contributed by atoms with van der Waals surface area (Å²) >= 11 is 1.32. The summed E-state index contributed by atoms with van der Waals surface area (Å²) < 4.78 is 10.8. The first-order valence-electron chi connectivity index (χ1n) is 6.74. The van der Waals surface area contributed by atoms with Crippen LogP contribution in [0, 0.1) is 11.5 Å². The molecular weight excluding hydrogens is 304 g/mol. The number of nitrogens with zero attached hydrogens (tertiary/aromatic N) is 3. The number of fused-ring (bicyclic) bond motifs is 1. The Morgan fingerprint density at radius 3 is 2.86 bits per heavy atom. The fourth-order valence-electron chi connectivity index (χ4n) is 2.41. The maximum atomic E-state index is 12.0. The van der Waals surface area contributed by atoms with E-state index in [1.165, 1.54) is 11.8 Å².